The Labute approximate surface area is 116 Å². The Morgan fingerprint density at radius 3 is 2.79 bits per heavy atom. The van der Waals surface area contributed by atoms with E-state index >= 15 is 0 Å². The first-order valence-electron chi connectivity index (χ1n) is 5.83. The molecule has 0 aliphatic rings. The van der Waals surface area contributed by atoms with Crippen molar-refractivity contribution in [2.75, 3.05) is 24.7 Å². The standard InChI is InChI=1S/C14H16N2O2S/c1-16(2)13-4-3-11(15)7-12(13)14(17)18-8-10-5-6-19-9-10/h3-7,9H,8,15H2,1-2H3. The van der Waals surface area contributed by atoms with Gasteiger partial charge in [0.25, 0.3) is 0 Å². The van der Waals surface area contributed by atoms with E-state index < -0.39 is 0 Å². The summed E-state index contributed by atoms with van der Waals surface area (Å²) < 4.78 is 5.30. The van der Waals surface area contributed by atoms with Crippen LogP contribution in [0.2, 0.25) is 0 Å². The van der Waals surface area contributed by atoms with E-state index in [1.807, 2.05) is 41.9 Å². The summed E-state index contributed by atoms with van der Waals surface area (Å²) in [6, 6.07) is 7.16. The van der Waals surface area contributed by atoms with Crippen LogP contribution in [-0.2, 0) is 11.3 Å². The number of rotatable bonds is 4. The Morgan fingerprint density at radius 1 is 1.37 bits per heavy atom. The van der Waals surface area contributed by atoms with Crippen LogP contribution < -0.4 is 10.6 Å². The monoisotopic (exact) mass is 276 g/mol. The zero-order valence-corrected chi connectivity index (χ0v) is 11.7. The molecular formula is C14H16N2O2S. The molecule has 1 aromatic carbocycles. The van der Waals surface area contributed by atoms with Gasteiger partial charge in [0.15, 0.2) is 0 Å². The molecule has 0 fully saturated rings. The topological polar surface area (TPSA) is 55.6 Å². The van der Waals surface area contributed by atoms with Crippen molar-refractivity contribution in [1.82, 2.24) is 0 Å². The average molecular weight is 276 g/mol. The van der Waals surface area contributed by atoms with Crippen molar-refractivity contribution in [3.8, 4) is 0 Å². The average Bonchev–Trinajstić information content (AvgIpc) is 2.88. The molecule has 0 aliphatic carbocycles. The fourth-order valence-corrected chi connectivity index (χ4v) is 2.36. The van der Waals surface area contributed by atoms with Crippen LogP contribution in [0.1, 0.15) is 15.9 Å². The van der Waals surface area contributed by atoms with Crippen molar-refractivity contribution in [2.45, 2.75) is 6.61 Å². The molecule has 2 N–H and O–H groups in total. The molecule has 100 valence electrons. The van der Waals surface area contributed by atoms with Crippen LogP contribution >= 0.6 is 11.3 Å². The van der Waals surface area contributed by atoms with Crippen molar-refractivity contribution in [1.29, 1.82) is 0 Å². The van der Waals surface area contributed by atoms with Gasteiger partial charge in [0, 0.05) is 25.3 Å². The van der Waals surface area contributed by atoms with Gasteiger partial charge >= 0.3 is 5.97 Å². The Kier molecular flexibility index (Phi) is 4.06. The molecule has 0 aliphatic heterocycles. The minimum atomic E-state index is -0.359. The zero-order valence-electron chi connectivity index (χ0n) is 10.9. The van der Waals surface area contributed by atoms with Crippen LogP contribution in [-0.4, -0.2) is 20.1 Å². The first-order chi connectivity index (χ1) is 9.08. The van der Waals surface area contributed by atoms with Crippen LogP contribution in [0.5, 0.6) is 0 Å². The smallest absolute Gasteiger partial charge is 0.340 e. The largest absolute Gasteiger partial charge is 0.457 e. The molecule has 0 atom stereocenters. The zero-order chi connectivity index (χ0) is 13.8. The molecule has 0 amide bonds. The molecule has 19 heavy (non-hydrogen) atoms. The minimum Gasteiger partial charge on any atom is -0.457 e. The molecule has 0 spiro atoms. The van der Waals surface area contributed by atoms with Gasteiger partial charge < -0.3 is 15.4 Å². The molecule has 0 saturated carbocycles. The van der Waals surface area contributed by atoms with Gasteiger partial charge in [0.2, 0.25) is 0 Å². The second kappa shape index (κ2) is 5.75. The molecule has 0 radical (unpaired) electrons. The van der Waals surface area contributed by atoms with Crippen molar-refractivity contribution >= 4 is 28.7 Å². The number of esters is 1. The fourth-order valence-electron chi connectivity index (χ4n) is 1.71. The van der Waals surface area contributed by atoms with Gasteiger partial charge in [-0.1, -0.05) is 0 Å². The van der Waals surface area contributed by atoms with Gasteiger partial charge in [0.1, 0.15) is 6.61 Å². The van der Waals surface area contributed by atoms with E-state index in [1.54, 1.807) is 23.5 Å². The Hall–Kier alpha value is -2.01. The summed E-state index contributed by atoms with van der Waals surface area (Å²) in [6.45, 7) is 0.282. The normalized spacial score (nSPS) is 10.2. The maximum atomic E-state index is 12.1. The third-order valence-electron chi connectivity index (χ3n) is 2.67. The number of nitrogens with two attached hydrogens (primary N) is 1. The van der Waals surface area contributed by atoms with Crippen molar-refractivity contribution in [2.24, 2.45) is 0 Å². The first-order valence-corrected chi connectivity index (χ1v) is 6.77. The maximum absolute atomic E-state index is 12.1. The van der Waals surface area contributed by atoms with Crippen molar-refractivity contribution in [3.63, 3.8) is 0 Å². The SMILES string of the molecule is CN(C)c1ccc(N)cc1C(=O)OCc1ccsc1. The van der Waals surface area contributed by atoms with E-state index in [1.165, 1.54) is 0 Å². The van der Waals surface area contributed by atoms with Crippen LogP contribution in [0.25, 0.3) is 0 Å². The van der Waals surface area contributed by atoms with Gasteiger partial charge in [-0.3, -0.25) is 0 Å². The molecule has 0 bridgehead atoms. The summed E-state index contributed by atoms with van der Waals surface area (Å²) in [5, 5.41) is 3.91. The lowest BCUT2D eigenvalue weighted by Gasteiger charge is -2.17. The first kappa shape index (κ1) is 13.4. The van der Waals surface area contributed by atoms with Crippen molar-refractivity contribution in [3.05, 3.63) is 46.2 Å². The van der Waals surface area contributed by atoms with Crippen LogP contribution in [0.3, 0.4) is 0 Å². The molecular weight excluding hydrogens is 260 g/mol. The number of nitrogen functional groups attached to an aromatic ring is 1. The molecule has 2 aromatic rings. The Bertz CT molecular complexity index is 565. The van der Waals surface area contributed by atoms with Crippen molar-refractivity contribution < 1.29 is 9.53 Å². The summed E-state index contributed by atoms with van der Waals surface area (Å²) in [5.41, 5.74) is 8.56. The number of ether oxygens (including phenoxy) is 1. The summed E-state index contributed by atoms with van der Waals surface area (Å²) in [5.74, 6) is -0.359. The van der Waals surface area contributed by atoms with E-state index in [0.717, 1.165) is 11.3 Å². The van der Waals surface area contributed by atoms with E-state index in [9.17, 15) is 4.79 Å². The highest BCUT2D eigenvalue weighted by Gasteiger charge is 2.15. The van der Waals surface area contributed by atoms with Gasteiger partial charge in [0.05, 0.1) is 11.3 Å². The third kappa shape index (κ3) is 3.26. The van der Waals surface area contributed by atoms with Crippen LogP contribution in [0, 0.1) is 0 Å². The second-order valence-corrected chi connectivity index (χ2v) is 5.16. The molecule has 0 saturated heterocycles. The van der Waals surface area contributed by atoms with E-state index in [0.29, 0.717) is 11.3 Å². The Morgan fingerprint density at radius 2 is 2.16 bits per heavy atom. The second-order valence-electron chi connectivity index (χ2n) is 4.38. The maximum Gasteiger partial charge on any atom is 0.340 e. The number of carbonyl (C=O) groups is 1. The summed E-state index contributed by atoms with van der Waals surface area (Å²) >= 11 is 1.58. The molecule has 4 nitrogen and oxygen atoms in total. The quantitative estimate of drug-likeness (QED) is 0.689. The number of anilines is 2. The lowest BCUT2D eigenvalue weighted by atomic mass is 10.1. The van der Waals surface area contributed by atoms with Gasteiger partial charge in [-0.15, -0.1) is 0 Å². The van der Waals surface area contributed by atoms with E-state index in [2.05, 4.69) is 0 Å². The highest BCUT2D eigenvalue weighted by atomic mass is 32.1. The lowest BCUT2D eigenvalue weighted by Crippen LogP contribution is -2.15. The summed E-state index contributed by atoms with van der Waals surface area (Å²) in [6.07, 6.45) is 0. The number of hydrogen-bond donors (Lipinski definition) is 1. The predicted octanol–water partition coefficient (Wildman–Crippen LogP) is 2.75. The van der Waals surface area contributed by atoms with Gasteiger partial charge in [-0.2, -0.15) is 11.3 Å². The highest BCUT2D eigenvalue weighted by Crippen LogP contribution is 2.22. The summed E-state index contributed by atoms with van der Waals surface area (Å²) in [7, 11) is 3.75. The number of nitrogens with zero attached hydrogens (tertiary/aromatic N) is 1. The van der Waals surface area contributed by atoms with Crippen LogP contribution in [0.15, 0.2) is 35.0 Å². The molecule has 0 unspecified atom stereocenters. The molecule has 2 rings (SSSR count). The summed E-state index contributed by atoms with van der Waals surface area (Å²) in [4.78, 5) is 14.0. The van der Waals surface area contributed by atoms with Gasteiger partial charge in [-0.25, -0.2) is 4.79 Å². The number of benzene rings is 1. The number of thiophene rings is 1. The molecule has 1 aromatic heterocycles. The van der Waals surface area contributed by atoms with Gasteiger partial charge in [-0.05, 0) is 35.0 Å². The minimum absolute atomic E-state index is 0.282. The van der Waals surface area contributed by atoms with Crippen LogP contribution in [0.4, 0.5) is 11.4 Å². The number of carbonyl (C=O) groups excluding carboxylic acids is 1. The van der Waals surface area contributed by atoms with E-state index in [-0.39, 0.29) is 12.6 Å². The third-order valence-corrected chi connectivity index (χ3v) is 3.40. The number of hydrogen-bond acceptors (Lipinski definition) is 5. The van der Waals surface area contributed by atoms with E-state index in [4.69, 9.17) is 10.5 Å². The lowest BCUT2D eigenvalue weighted by molar-refractivity contribution is 0.0474. The molecule has 1 heterocycles. The highest BCUT2D eigenvalue weighted by molar-refractivity contribution is 7.07. The fraction of sp³-hybridized carbons (Fsp3) is 0.214. The Balaban J connectivity index is 2.16. The predicted molar refractivity (Wildman–Crippen MR) is 78.6 cm³/mol. The molecule has 5 heteroatoms.